The molecule has 0 fully saturated rings. The van der Waals surface area contributed by atoms with Crippen LogP contribution in [-0.4, -0.2) is 54.5 Å². The number of amidine groups is 1. The van der Waals surface area contributed by atoms with Crippen LogP contribution >= 0.6 is 0 Å². The predicted molar refractivity (Wildman–Crippen MR) is 153 cm³/mol. The number of nitrogens with two attached hydrogens (primary N) is 1. The van der Waals surface area contributed by atoms with Crippen molar-refractivity contribution in [3.05, 3.63) is 105 Å². The van der Waals surface area contributed by atoms with E-state index in [1.165, 1.54) is 12.1 Å². The van der Waals surface area contributed by atoms with Crippen LogP contribution in [0, 0.1) is 15.5 Å². The number of fused-ring (bicyclic) bond motifs is 1. The van der Waals surface area contributed by atoms with Crippen molar-refractivity contribution in [2.45, 2.75) is 19.3 Å². The number of nitro groups is 1. The average Bonchev–Trinajstić information content (AvgIpc) is 3.29. The second-order valence-electron chi connectivity index (χ2n) is 10.4. The monoisotopic (exact) mass is 598 g/mol. The summed E-state index contributed by atoms with van der Waals surface area (Å²) in [5, 5.41) is 31.4. The smallest absolute Gasteiger partial charge is 0.430 e. The first-order valence-corrected chi connectivity index (χ1v) is 12.7. The van der Waals surface area contributed by atoms with Crippen LogP contribution in [0.1, 0.15) is 27.2 Å². The number of nitrogen functional groups attached to an aromatic ring is 1. The maximum absolute atomic E-state index is 13.3. The average molecular weight is 599 g/mol. The fraction of sp³-hybridized carbons (Fsp3) is 0.207. The van der Waals surface area contributed by atoms with Gasteiger partial charge in [0.05, 0.1) is 26.1 Å². The quantitative estimate of drug-likeness (QED) is 0.0925. The number of rotatable bonds is 8. The maximum Gasteiger partial charge on any atom is 0.430 e. The standard InChI is InChI=1S/C27H28N6O3.C2HF3O2/c1-33(2,3)23-10-7-18(8-11-23)16-30-27(34)25-15-21-14-22(32(35)36)9-12-24(21)31(25)17-19-5-4-6-20(13-19)26(28)29;3-2(4,5)1(6)7/h4-15H,16-17H2,1-3H3,(H3-,28,29,30,34);(H,6,7). The Bertz CT molecular complexity index is 1670. The van der Waals surface area contributed by atoms with Crippen LogP contribution in [-0.2, 0) is 17.9 Å². The van der Waals surface area contributed by atoms with E-state index in [1.54, 1.807) is 24.3 Å². The molecule has 3 aromatic carbocycles. The number of alkyl halides is 3. The van der Waals surface area contributed by atoms with Gasteiger partial charge in [-0.25, -0.2) is 0 Å². The van der Waals surface area contributed by atoms with Gasteiger partial charge in [0.25, 0.3) is 11.6 Å². The van der Waals surface area contributed by atoms with E-state index < -0.39 is 17.1 Å². The number of nitro benzene ring substituents is 1. The van der Waals surface area contributed by atoms with Crippen LogP contribution in [0.4, 0.5) is 24.5 Å². The molecular formula is C29H29F3N6O5. The molecule has 0 bridgehead atoms. The van der Waals surface area contributed by atoms with Gasteiger partial charge in [0, 0.05) is 41.7 Å². The van der Waals surface area contributed by atoms with E-state index in [0.29, 0.717) is 39.7 Å². The molecule has 11 nitrogen and oxygen atoms in total. The number of nitrogens with one attached hydrogen (secondary N) is 2. The number of carbonyl (C=O) groups is 2. The van der Waals surface area contributed by atoms with E-state index in [0.717, 1.165) is 16.8 Å². The lowest BCUT2D eigenvalue weighted by molar-refractivity contribution is -0.384. The van der Waals surface area contributed by atoms with E-state index in [4.69, 9.17) is 21.0 Å². The first-order valence-electron chi connectivity index (χ1n) is 12.7. The summed E-state index contributed by atoms with van der Waals surface area (Å²) in [4.78, 5) is 32.9. The van der Waals surface area contributed by atoms with Gasteiger partial charge in [-0.05, 0) is 41.5 Å². The number of non-ortho nitro benzene ring substituents is 1. The van der Waals surface area contributed by atoms with Gasteiger partial charge in [0.15, 0.2) is 0 Å². The molecular weight excluding hydrogens is 569 g/mol. The number of hydrogen-bond donors (Lipinski definition) is 3. The van der Waals surface area contributed by atoms with Gasteiger partial charge in [0.2, 0.25) is 0 Å². The molecule has 1 aromatic heterocycles. The van der Waals surface area contributed by atoms with Crippen molar-refractivity contribution < 1.29 is 32.8 Å². The number of benzene rings is 3. The zero-order valence-corrected chi connectivity index (χ0v) is 23.4. The van der Waals surface area contributed by atoms with Crippen LogP contribution in [0.25, 0.3) is 10.9 Å². The number of aliphatic carboxylic acids is 1. The molecule has 226 valence electrons. The summed E-state index contributed by atoms with van der Waals surface area (Å²) in [7, 11) is 6.27. The summed E-state index contributed by atoms with van der Waals surface area (Å²) in [5.41, 5.74) is 10.3. The van der Waals surface area contributed by atoms with Crippen molar-refractivity contribution in [2.75, 3.05) is 21.1 Å². The summed E-state index contributed by atoms with van der Waals surface area (Å²) in [6, 6.07) is 21.5. The molecule has 0 atom stereocenters. The molecule has 0 aliphatic heterocycles. The van der Waals surface area contributed by atoms with Crippen molar-refractivity contribution in [2.24, 2.45) is 5.73 Å². The van der Waals surface area contributed by atoms with Gasteiger partial charge >= 0.3 is 6.18 Å². The van der Waals surface area contributed by atoms with E-state index in [-0.39, 0.29) is 17.4 Å². The molecule has 0 spiro atoms. The van der Waals surface area contributed by atoms with Gasteiger partial charge in [-0.3, -0.25) is 24.8 Å². The van der Waals surface area contributed by atoms with Gasteiger partial charge in [0.1, 0.15) is 23.2 Å². The molecule has 0 unspecified atom stereocenters. The minimum atomic E-state index is -5.19. The summed E-state index contributed by atoms with van der Waals surface area (Å²) < 4.78 is 34.1. The maximum atomic E-state index is 13.3. The molecule has 1 amide bonds. The fourth-order valence-corrected chi connectivity index (χ4v) is 4.08. The summed E-state index contributed by atoms with van der Waals surface area (Å²) >= 11 is 0. The second-order valence-corrected chi connectivity index (χ2v) is 10.4. The van der Waals surface area contributed by atoms with Gasteiger partial charge < -0.3 is 25.5 Å². The number of nitrogens with zero attached hydrogens (tertiary/aromatic N) is 3. The Morgan fingerprint density at radius 3 is 2.16 bits per heavy atom. The van der Waals surface area contributed by atoms with Gasteiger partial charge in [-0.15, -0.1) is 0 Å². The zero-order valence-electron chi connectivity index (χ0n) is 23.4. The number of amides is 1. The van der Waals surface area contributed by atoms with Crippen LogP contribution in [0.3, 0.4) is 0 Å². The highest BCUT2D eigenvalue weighted by Gasteiger charge is 2.28. The molecule has 0 saturated heterocycles. The number of hydrogen-bond acceptors (Lipinski definition) is 6. The Hall–Kier alpha value is -5.24. The number of halogens is 3. The molecule has 0 aliphatic carbocycles. The molecule has 0 radical (unpaired) electrons. The Kier molecular flexibility index (Phi) is 9.56. The third-order valence-electron chi connectivity index (χ3n) is 6.30. The van der Waals surface area contributed by atoms with Crippen molar-refractivity contribution in [1.29, 1.82) is 5.41 Å². The number of quaternary nitrogens is 1. The van der Waals surface area contributed by atoms with Crippen LogP contribution < -0.4 is 20.6 Å². The normalized spacial score (nSPS) is 11.4. The molecule has 1 heterocycles. The number of carbonyl (C=O) groups excluding carboxylic acids is 2. The van der Waals surface area contributed by atoms with E-state index in [9.17, 15) is 28.1 Å². The Balaban J connectivity index is 0.000000646. The van der Waals surface area contributed by atoms with Crippen molar-refractivity contribution in [1.82, 2.24) is 14.4 Å². The molecule has 4 aromatic rings. The summed E-state index contributed by atoms with van der Waals surface area (Å²) in [6.07, 6.45) is -5.19. The molecule has 4 N–H and O–H groups in total. The lowest BCUT2D eigenvalue weighted by Gasteiger charge is -2.23. The van der Waals surface area contributed by atoms with Crippen LogP contribution in [0.5, 0.6) is 0 Å². The predicted octanol–water partition coefficient (Wildman–Crippen LogP) is 3.31. The Labute approximate surface area is 244 Å². The first kappa shape index (κ1) is 32.3. The highest BCUT2D eigenvalue weighted by Crippen LogP contribution is 2.26. The SMILES string of the molecule is C[N+](C)(C)c1ccc(CNC(=O)c2cc3cc([N+](=O)[O-])ccc3n2Cc2cccc(C(=N)N)c2)cc1.O=C([O-])C(F)(F)F. The minimum absolute atomic E-state index is 0.0393. The largest absolute Gasteiger partial charge is 0.542 e. The number of carboxylic acid groups (broad SMARTS) is 1. The number of carboxylic acids is 1. The third-order valence-corrected chi connectivity index (χ3v) is 6.30. The van der Waals surface area contributed by atoms with Gasteiger partial charge in [-0.2, -0.15) is 13.2 Å². The molecule has 14 heteroatoms. The molecule has 43 heavy (non-hydrogen) atoms. The van der Waals surface area contributed by atoms with Crippen LogP contribution in [0.2, 0.25) is 0 Å². The van der Waals surface area contributed by atoms with E-state index >= 15 is 0 Å². The van der Waals surface area contributed by atoms with E-state index in [2.05, 4.69) is 26.5 Å². The Morgan fingerprint density at radius 2 is 1.63 bits per heavy atom. The zero-order chi connectivity index (χ0) is 32.1. The molecule has 4 rings (SSSR count). The minimum Gasteiger partial charge on any atom is -0.542 e. The van der Waals surface area contributed by atoms with Crippen molar-refractivity contribution in [3.8, 4) is 0 Å². The molecule has 0 saturated carbocycles. The van der Waals surface area contributed by atoms with Crippen molar-refractivity contribution in [3.63, 3.8) is 0 Å². The lowest BCUT2D eigenvalue weighted by atomic mass is 10.1. The highest BCUT2D eigenvalue weighted by molar-refractivity contribution is 5.99. The third kappa shape index (κ3) is 8.39. The summed E-state index contributed by atoms with van der Waals surface area (Å²) in [5.74, 6) is -3.33. The lowest BCUT2D eigenvalue weighted by Crippen LogP contribution is -2.37. The summed E-state index contributed by atoms with van der Waals surface area (Å²) in [6.45, 7) is 0.682. The first-order chi connectivity index (χ1) is 20.0. The fourth-order valence-electron chi connectivity index (χ4n) is 4.08. The highest BCUT2D eigenvalue weighted by atomic mass is 19.4. The topological polar surface area (TPSA) is 167 Å². The second kappa shape index (κ2) is 12.7. The Morgan fingerprint density at radius 1 is 1.00 bits per heavy atom. The van der Waals surface area contributed by atoms with Gasteiger partial charge in [-0.1, -0.05) is 30.3 Å². The van der Waals surface area contributed by atoms with E-state index in [1.807, 2.05) is 41.0 Å². The van der Waals surface area contributed by atoms with Crippen molar-refractivity contribution >= 4 is 40.0 Å². The van der Waals surface area contributed by atoms with Crippen LogP contribution in [0.15, 0.2) is 72.8 Å². The number of aromatic nitrogens is 1. The molecule has 0 aliphatic rings.